The van der Waals surface area contributed by atoms with Gasteiger partial charge in [0.25, 0.3) is 0 Å². The fraction of sp³-hybridized carbons (Fsp3) is 0.350. The Bertz CT molecular complexity index is 739. The van der Waals surface area contributed by atoms with Crippen LogP contribution in [0.5, 0.6) is 5.75 Å². The van der Waals surface area contributed by atoms with Crippen molar-refractivity contribution in [3.63, 3.8) is 0 Å². The van der Waals surface area contributed by atoms with Crippen LogP contribution in [0, 0.1) is 0 Å². The summed E-state index contributed by atoms with van der Waals surface area (Å²) in [6, 6.07) is 17.8. The van der Waals surface area contributed by atoms with Gasteiger partial charge in [0.15, 0.2) is 0 Å². The van der Waals surface area contributed by atoms with Gasteiger partial charge in [-0.3, -0.25) is 9.36 Å². The summed E-state index contributed by atoms with van der Waals surface area (Å²) in [6.45, 7) is 4.22. The predicted molar refractivity (Wildman–Crippen MR) is 105 cm³/mol. The molecule has 0 fully saturated rings. The molecule has 0 aliphatic carbocycles. The first-order chi connectivity index (χ1) is 13.0. The first-order valence-electron chi connectivity index (χ1n) is 8.92. The summed E-state index contributed by atoms with van der Waals surface area (Å²) in [4.78, 5) is 11.9. The van der Waals surface area contributed by atoms with Gasteiger partial charge in [0.1, 0.15) is 11.8 Å². The number of hydrogen-bond acceptors (Lipinski definition) is 5. The van der Waals surface area contributed by atoms with E-state index in [1.165, 1.54) is 0 Å². The Morgan fingerprint density at radius 3 is 2.33 bits per heavy atom. The molecule has 1 unspecified atom stereocenters. The van der Waals surface area contributed by atoms with Gasteiger partial charge in [-0.1, -0.05) is 48.5 Å². The quantitative estimate of drug-likeness (QED) is 0.354. The van der Waals surface area contributed by atoms with Crippen molar-refractivity contribution in [2.75, 3.05) is 19.4 Å². The molecule has 146 valence electrons. The van der Waals surface area contributed by atoms with Crippen molar-refractivity contribution in [1.29, 1.82) is 0 Å². The van der Waals surface area contributed by atoms with E-state index in [2.05, 4.69) is 5.09 Å². The van der Waals surface area contributed by atoms with Crippen LogP contribution in [0.2, 0.25) is 0 Å². The molecular weight excluding hydrogens is 365 g/mol. The van der Waals surface area contributed by atoms with E-state index < -0.39 is 19.5 Å². The lowest BCUT2D eigenvalue weighted by atomic mass is 10.2. The summed E-state index contributed by atoms with van der Waals surface area (Å²) < 4.78 is 29.6. The van der Waals surface area contributed by atoms with E-state index in [0.29, 0.717) is 12.4 Å². The number of carbonyl (C=O) groups is 1. The minimum Gasteiger partial charge on any atom is -0.465 e. The fourth-order valence-electron chi connectivity index (χ4n) is 2.35. The van der Waals surface area contributed by atoms with Crippen LogP contribution >= 0.6 is 7.52 Å². The highest BCUT2D eigenvalue weighted by Gasteiger charge is 2.30. The Labute approximate surface area is 160 Å². The highest BCUT2D eigenvalue weighted by atomic mass is 31.2. The number of para-hydroxylation sites is 1. The monoisotopic (exact) mass is 391 g/mol. The zero-order valence-electron chi connectivity index (χ0n) is 15.7. The molecular formula is C20H26NO5P. The third-order valence-electron chi connectivity index (χ3n) is 3.67. The number of rotatable bonds is 11. The zero-order valence-corrected chi connectivity index (χ0v) is 16.6. The Kier molecular flexibility index (Phi) is 8.52. The number of carbonyl (C=O) groups excluding carboxylic acids is 1. The first kappa shape index (κ1) is 21.2. The molecule has 0 spiro atoms. The topological polar surface area (TPSA) is 73.9 Å². The maximum Gasteiger partial charge on any atom is 0.323 e. The van der Waals surface area contributed by atoms with E-state index in [1.807, 2.05) is 36.4 Å². The number of benzene rings is 2. The summed E-state index contributed by atoms with van der Waals surface area (Å²) in [5.41, 5.74) is 1.03. The van der Waals surface area contributed by atoms with Gasteiger partial charge in [-0.25, -0.2) is 5.09 Å². The Hall–Kier alpha value is -2.14. The van der Waals surface area contributed by atoms with Crippen LogP contribution in [0.1, 0.15) is 19.4 Å². The van der Waals surface area contributed by atoms with Gasteiger partial charge in [0.2, 0.25) is 0 Å². The van der Waals surface area contributed by atoms with Crippen molar-refractivity contribution in [3.8, 4) is 5.75 Å². The van der Waals surface area contributed by atoms with Crippen molar-refractivity contribution < 1.29 is 23.4 Å². The van der Waals surface area contributed by atoms with Crippen LogP contribution in [-0.2, 0) is 25.4 Å². The second-order valence-electron chi connectivity index (χ2n) is 5.94. The van der Waals surface area contributed by atoms with Crippen LogP contribution in [-0.4, -0.2) is 31.4 Å². The van der Waals surface area contributed by atoms with E-state index >= 15 is 0 Å². The van der Waals surface area contributed by atoms with Gasteiger partial charge in [0.05, 0.1) is 26.0 Å². The lowest BCUT2D eigenvalue weighted by Crippen LogP contribution is -2.35. The SMILES string of the molecule is CCOC(=O)[C@@H](C)NP(=O)(CCOCc1ccccc1)Oc1ccccc1. The van der Waals surface area contributed by atoms with Gasteiger partial charge < -0.3 is 14.0 Å². The average Bonchev–Trinajstić information content (AvgIpc) is 2.67. The lowest BCUT2D eigenvalue weighted by Gasteiger charge is -2.23. The van der Waals surface area contributed by atoms with Gasteiger partial charge in [0, 0.05) is 0 Å². The summed E-state index contributed by atoms with van der Waals surface area (Å²) in [7, 11) is -3.37. The molecule has 0 aromatic heterocycles. The normalized spacial score (nSPS) is 14.1. The maximum atomic E-state index is 13.3. The average molecular weight is 391 g/mol. The standard InChI is InChI=1S/C20H26NO5P/c1-3-25-20(22)17(2)21-27(23,26-19-12-8-5-9-13-19)15-14-24-16-18-10-6-4-7-11-18/h4-13,17H,3,14-16H2,1-2H3,(H,21,23)/t17-,27?/m1/s1. The Balaban J connectivity index is 1.97. The summed E-state index contributed by atoms with van der Waals surface area (Å²) in [5, 5.41) is 2.80. The third kappa shape index (κ3) is 7.55. The molecule has 0 saturated carbocycles. The predicted octanol–water partition coefficient (Wildman–Crippen LogP) is 4.02. The van der Waals surface area contributed by atoms with Crippen LogP contribution in [0.3, 0.4) is 0 Å². The van der Waals surface area contributed by atoms with Crippen molar-refractivity contribution in [2.24, 2.45) is 0 Å². The summed E-state index contributed by atoms with van der Waals surface area (Å²) >= 11 is 0. The molecule has 2 rings (SSSR count). The Morgan fingerprint density at radius 2 is 1.70 bits per heavy atom. The highest BCUT2D eigenvalue weighted by molar-refractivity contribution is 7.57. The van der Waals surface area contributed by atoms with Crippen molar-refractivity contribution in [3.05, 3.63) is 66.2 Å². The minimum absolute atomic E-state index is 0.123. The van der Waals surface area contributed by atoms with Crippen molar-refractivity contribution in [2.45, 2.75) is 26.5 Å². The maximum absolute atomic E-state index is 13.3. The Morgan fingerprint density at radius 1 is 1.07 bits per heavy atom. The van der Waals surface area contributed by atoms with Gasteiger partial charge in [-0.15, -0.1) is 0 Å². The lowest BCUT2D eigenvalue weighted by molar-refractivity contribution is -0.144. The van der Waals surface area contributed by atoms with E-state index in [0.717, 1.165) is 5.56 Å². The molecule has 2 aromatic carbocycles. The summed E-state index contributed by atoms with van der Waals surface area (Å²) in [5.74, 6) is -0.00737. The zero-order chi connectivity index (χ0) is 19.5. The molecule has 0 amide bonds. The number of hydrogen-bond donors (Lipinski definition) is 1. The first-order valence-corrected chi connectivity index (χ1v) is 10.7. The summed E-state index contributed by atoms with van der Waals surface area (Å²) in [6.07, 6.45) is 0.123. The fourth-order valence-corrected chi connectivity index (χ4v) is 4.15. The van der Waals surface area contributed by atoms with Crippen LogP contribution < -0.4 is 9.61 Å². The highest BCUT2D eigenvalue weighted by Crippen LogP contribution is 2.43. The molecule has 0 aliphatic rings. The molecule has 2 aromatic rings. The van der Waals surface area contributed by atoms with Crippen LogP contribution in [0.15, 0.2) is 60.7 Å². The molecule has 0 heterocycles. The number of esters is 1. The molecule has 0 bridgehead atoms. The van der Waals surface area contributed by atoms with E-state index in [4.69, 9.17) is 14.0 Å². The molecule has 1 N–H and O–H groups in total. The molecule has 6 nitrogen and oxygen atoms in total. The van der Waals surface area contributed by atoms with Crippen LogP contribution in [0.25, 0.3) is 0 Å². The number of nitrogens with one attached hydrogen (secondary N) is 1. The van der Waals surface area contributed by atoms with Crippen molar-refractivity contribution in [1.82, 2.24) is 5.09 Å². The smallest absolute Gasteiger partial charge is 0.323 e. The second-order valence-corrected chi connectivity index (χ2v) is 8.18. The molecule has 7 heteroatoms. The van der Waals surface area contributed by atoms with E-state index in [9.17, 15) is 9.36 Å². The van der Waals surface area contributed by atoms with Crippen molar-refractivity contribution >= 4 is 13.5 Å². The molecule has 0 saturated heterocycles. The van der Waals surface area contributed by atoms with E-state index in [1.54, 1.807) is 38.1 Å². The third-order valence-corrected chi connectivity index (χ3v) is 5.73. The number of ether oxygens (including phenoxy) is 2. The van der Waals surface area contributed by atoms with E-state index in [-0.39, 0.29) is 19.4 Å². The second kappa shape index (κ2) is 10.9. The van der Waals surface area contributed by atoms with Gasteiger partial charge >= 0.3 is 13.5 Å². The van der Waals surface area contributed by atoms with Crippen LogP contribution in [0.4, 0.5) is 0 Å². The van der Waals surface area contributed by atoms with Gasteiger partial charge in [-0.2, -0.15) is 0 Å². The molecule has 2 atom stereocenters. The molecule has 0 aliphatic heterocycles. The minimum atomic E-state index is -3.37. The molecule has 0 radical (unpaired) electrons. The van der Waals surface area contributed by atoms with Gasteiger partial charge in [-0.05, 0) is 31.5 Å². The largest absolute Gasteiger partial charge is 0.465 e. The molecule has 27 heavy (non-hydrogen) atoms.